The molecule has 0 spiro atoms. The fourth-order valence-corrected chi connectivity index (χ4v) is 2.94. The lowest BCUT2D eigenvalue weighted by Crippen LogP contribution is -2.36. The Labute approximate surface area is 91.1 Å². The van der Waals surface area contributed by atoms with Crippen molar-refractivity contribution in [3.8, 4) is 0 Å². The summed E-state index contributed by atoms with van der Waals surface area (Å²) < 4.78 is 4.77. The van der Waals surface area contributed by atoms with Crippen LogP contribution in [-0.4, -0.2) is 53.6 Å². The van der Waals surface area contributed by atoms with Crippen molar-refractivity contribution in [3.05, 3.63) is 0 Å². The van der Waals surface area contributed by atoms with Crippen LogP contribution in [0.15, 0.2) is 4.66 Å². The molecule has 0 radical (unpaired) electrons. The minimum atomic E-state index is -0.303. The summed E-state index contributed by atoms with van der Waals surface area (Å²) in [7, 11) is 7.92. The molecule has 0 heterocycles. The van der Waals surface area contributed by atoms with Gasteiger partial charge in [-0.15, -0.1) is 0 Å². The Bertz CT molecular complexity index is 164. The molecule has 84 valence electrons. The Morgan fingerprint density at radius 3 is 1.79 bits per heavy atom. The Morgan fingerprint density at radius 2 is 1.50 bits per heavy atom. The second-order valence-electron chi connectivity index (χ2n) is 4.11. The van der Waals surface area contributed by atoms with E-state index in [-0.39, 0.29) is 9.68 Å². The van der Waals surface area contributed by atoms with Gasteiger partial charge in [0.2, 0.25) is 0 Å². The van der Waals surface area contributed by atoms with Gasteiger partial charge in [0, 0.05) is 28.2 Å². The summed E-state index contributed by atoms with van der Waals surface area (Å²) >= 11 is 0. The molecular formula is C10H25N3Si. The second kappa shape index (κ2) is 6.87. The monoisotopic (exact) mass is 215 g/mol. The van der Waals surface area contributed by atoms with Gasteiger partial charge < -0.3 is 9.80 Å². The Morgan fingerprint density at radius 1 is 1.07 bits per heavy atom. The lowest BCUT2D eigenvalue weighted by atomic mass is 10.3. The summed E-state index contributed by atoms with van der Waals surface area (Å²) in [4.78, 5) is 4.19. The third-order valence-corrected chi connectivity index (χ3v) is 4.58. The Balaban J connectivity index is 4.28. The molecule has 0 rings (SSSR count). The molecule has 14 heavy (non-hydrogen) atoms. The van der Waals surface area contributed by atoms with Gasteiger partial charge in [-0.25, -0.2) is 0 Å². The fourth-order valence-electron chi connectivity index (χ4n) is 1.44. The molecular weight excluding hydrogens is 190 g/mol. The highest BCUT2D eigenvalue weighted by Crippen LogP contribution is 2.13. The first-order chi connectivity index (χ1) is 6.52. The molecule has 0 aliphatic heterocycles. The van der Waals surface area contributed by atoms with Gasteiger partial charge in [0.15, 0.2) is 15.6 Å². The molecule has 4 heteroatoms. The van der Waals surface area contributed by atoms with E-state index in [0.29, 0.717) is 0 Å². The lowest BCUT2D eigenvalue weighted by Gasteiger charge is -2.23. The largest absolute Gasteiger partial charge is 0.350 e. The highest BCUT2D eigenvalue weighted by molar-refractivity contribution is 6.37. The van der Waals surface area contributed by atoms with Crippen LogP contribution in [0.25, 0.3) is 0 Å². The van der Waals surface area contributed by atoms with Crippen LogP contribution in [0.2, 0.25) is 5.54 Å². The number of hydrogen-bond donors (Lipinski definition) is 0. The summed E-state index contributed by atoms with van der Waals surface area (Å²) in [6.07, 6.45) is 2.56. The molecule has 0 aromatic heterocycles. The SMILES string of the molecule is CCC(CC)[SiH2]N=C(N(C)C)N(C)C. The predicted octanol–water partition coefficient (Wildman–Crippen LogP) is 1.16. The lowest BCUT2D eigenvalue weighted by molar-refractivity contribution is 0.485. The maximum Gasteiger partial charge on any atom is 0.185 e. The van der Waals surface area contributed by atoms with Gasteiger partial charge in [-0.1, -0.05) is 26.7 Å². The molecule has 0 aliphatic rings. The quantitative estimate of drug-likeness (QED) is 0.398. The third kappa shape index (κ3) is 4.65. The molecule has 0 saturated heterocycles. The van der Waals surface area contributed by atoms with Crippen molar-refractivity contribution in [2.75, 3.05) is 28.2 Å². The van der Waals surface area contributed by atoms with E-state index in [9.17, 15) is 0 Å². The standard InChI is InChI=1S/C10H25N3Si/c1-7-9(8-2)14-11-10(12(3)4)13(5)6/h9H,7-8,14H2,1-6H3. The van der Waals surface area contributed by atoms with Crippen molar-refractivity contribution in [2.24, 2.45) is 4.66 Å². The topological polar surface area (TPSA) is 18.8 Å². The smallest absolute Gasteiger partial charge is 0.185 e. The maximum atomic E-state index is 4.77. The maximum absolute atomic E-state index is 4.77. The molecule has 0 fully saturated rings. The van der Waals surface area contributed by atoms with Crippen molar-refractivity contribution in [1.82, 2.24) is 9.80 Å². The number of guanidine groups is 1. The molecule has 0 aromatic rings. The van der Waals surface area contributed by atoms with Crippen molar-refractivity contribution in [1.29, 1.82) is 0 Å². The second-order valence-corrected chi connectivity index (χ2v) is 5.95. The van der Waals surface area contributed by atoms with Crippen LogP contribution in [0.5, 0.6) is 0 Å². The van der Waals surface area contributed by atoms with E-state index >= 15 is 0 Å². The average molecular weight is 215 g/mol. The van der Waals surface area contributed by atoms with E-state index in [1.54, 1.807) is 0 Å². The summed E-state index contributed by atoms with van der Waals surface area (Å²) in [6, 6.07) is 0. The summed E-state index contributed by atoms with van der Waals surface area (Å²) in [5, 5.41) is 0. The van der Waals surface area contributed by atoms with E-state index < -0.39 is 0 Å². The van der Waals surface area contributed by atoms with Crippen molar-refractivity contribution < 1.29 is 0 Å². The minimum absolute atomic E-state index is 0.303. The number of rotatable bonds is 4. The molecule has 0 saturated carbocycles. The fraction of sp³-hybridized carbons (Fsp3) is 0.900. The zero-order valence-electron chi connectivity index (χ0n) is 10.5. The van der Waals surface area contributed by atoms with Crippen LogP contribution in [0.1, 0.15) is 26.7 Å². The van der Waals surface area contributed by atoms with Gasteiger partial charge in [-0.3, -0.25) is 4.66 Å². The van der Waals surface area contributed by atoms with E-state index in [1.165, 1.54) is 12.8 Å². The number of nitrogens with zero attached hydrogens (tertiary/aromatic N) is 3. The normalized spacial score (nSPS) is 11.1. The molecule has 3 nitrogen and oxygen atoms in total. The zero-order valence-corrected chi connectivity index (χ0v) is 12.0. The van der Waals surface area contributed by atoms with Gasteiger partial charge in [0.25, 0.3) is 0 Å². The summed E-state index contributed by atoms with van der Waals surface area (Å²) in [5.74, 6) is 1.11. The Hall–Kier alpha value is -0.513. The minimum Gasteiger partial charge on any atom is -0.350 e. The van der Waals surface area contributed by atoms with Crippen molar-refractivity contribution in [2.45, 2.75) is 32.2 Å². The van der Waals surface area contributed by atoms with Crippen LogP contribution < -0.4 is 0 Å². The predicted molar refractivity (Wildman–Crippen MR) is 67.7 cm³/mol. The van der Waals surface area contributed by atoms with Crippen molar-refractivity contribution in [3.63, 3.8) is 0 Å². The highest BCUT2D eigenvalue weighted by atomic mass is 28.2. The van der Waals surface area contributed by atoms with Gasteiger partial charge in [-0.05, 0) is 5.54 Å². The molecule has 0 N–H and O–H groups in total. The van der Waals surface area contributed by atoms with E-state index in [4.69, 9.17) is 4.66 Å². The molecule has 0 unspecified atom stereocenters. The first-order valence-electron chi connectivity index (χ1n) is 5.41. The Kier molecular flexibility index (Phi) is 6.62. The first kappa shape index (κ1) is 13.5. The highest BCUT2D eigenvalue weighted by Gasteiger charge is 2.07. The number of hydrogen-bond acceptors (Lipinski definition) is 1. The van der Waals surface area contributed by atoms with Crippen LogP contribution in [0.4, 0.5) is 0 Å². The van der Waals surface area contributed by atoms with E-state index in [1.807, 2.05) is 0 Å². The van der Waals surface area contributed by atoms with Gasteiger partial charge in [0.1, 0.15) is 0 Å². The van der Waals surface area contributed by atoms with Crippen molar-refractivity contribution >= 4 is 15.6 Å². The molecule has 0 bridgehead atoms. The van der Waals surface area contributed by atoms with Crippen LogP contribution in [-0.2, 0) is 0 Å². The van der Waals surface area contributed by atoms with E-state index in [0.717, 1.165) is 11.5 Å². The molecule has 0 aliphatic carbocycles. The van der Waals surface area contributed by atoms with Gasteiger partial charge in [-0.2, -0.15) is 0 Å². The van der Waals surface area contributed by atoms with E-state index in [2.05, 4.69) is 51.8 Å². The summed E-state index contributed by atoms with van der Waals surface area (Å²) in [5.41, 5.74) is 0.866. The van der Waals surface area contributed by atoms with Gasteiger partial charge >= 0.3 is 0 Å². The summed E-state index contributed by atoms with van der Waals surface area (Å²) in [6.45, 7) is 4.53. The van der Waals surface area contributed by atoms with Crippen LogP contribution in [0, 0.1) is 0 Å². The molecule has 0 aromatic carbocycles. The average Bonchev–Trinajstić information content (AvgIpc) is 2.11. The molecule has 0 amide bonds. The first-order valence-corrected chi connectivity index (χ1v) is 6.86. The van der Waals surface area contributed by atoms with Crippen LogP contribution in [0.3, 0.4) is 0 Å². The zero-order chi connectivity index (χ0) is 11.1. The third-order valence-electron chi connectivity index (χ3n) is 2.45. The molecule has 0 atom stereocenters. The van der Waals surface area contributed by atoms with Gasteiger partial charge in [0.05, 0.1) is 0 Å². The van der Waals surface area contributed by atoms with Crippen LogP contribution >= 0.6 is 0 Å².